The lowest BCUT2D eigenvalue weighted by Gasteiger charge is -2.36. The Bertz CT molecular complexity index is 1270. The molecule has 0 spiro atoms. The number of carbonyl (C=O) groups excluding carboxylic acids is 4. The molecule has 1 aliphatic rings. The molecule has 216 valence electrons. The number of carboxylic acid groups (broad SMARTS) is 1. The first-order valence-corrected chi connectivity index (χ1v) is 13.1. The second-order valence-corrected chi connectivity index (χ2v) is 9.09. The summed E-state index contributed by atoms with van der Waals surface area (Å²) in [5.41, 5.74) is 5.89. The molecule has 3 amide bonds. The molecule has 1 aliphatic heterocycles. The molecule has 0 aliphatic carbocycles. The quantitative estimate of drug-likeness (QED) is 0.387. The van der Waals surface area contributed by atoms with E-state index in [9.17, 15) is 29.1 Å². The van der Waals surface area contributed by atoms with Gasteiger partial charge in [0, 0.05) is 38.0 Å². The number of rotatable bonds is 11. The number of fused-ring (bicyclic) bond motifs is 1. The first-order chi connectivity index (χ1) is 19.1. The fourth-order valence-corrected chi connectivity index (χ4v) is 4.49. The number of pyridine rings is 1. The van der Waals surface area contributed by atoms with E-state index in [2.05, 4.69) is 4.98 Å². The van der Waals surface area contributed by atoms with Crippen LogP contribution in [0.4, 0.5) is 4.79 Å². The highest BCUT2D eigenvalue weighted by molar-refractivity contribution is 6.04. The number of aliphatic carboxylic acids is 1. The first kappa shape index (κ1) is 30.1. The van der Waals surface area contributed by atoms with Crippen LogP contribution in [0.1, 0.15) is 55.6 Å². The van der Waals surface area contributed by atoms with Crippen molar-refractivity contribution in [2.24, 2.45) is 5.73 Å². The molecule has 0 bridgehead atoms. The Hall–Kier alpha value is -4.42. The smallest absolute Gasteiger partial charge is 0.409 e. The minimum Gasteiger partial charge on any atom is -0.481 e. The van der Waals surface area contributed by atoms with Crippen molar-refractivity contribution in [3.63, 3.8) is 0 Å². The molecule has 1 fully saturated rings. The summed E-state index contributed by atoms with van der Waals surface area (Å²) in [6.07, 6.45) is -2.17. The number of hydrogen-bond donors (Lipinski definition) is 2. The van der Waals surface area contributed by atoms with Gasteiger partial charge in [0.2, 0.25) is 5.91 Å². The number of carboxylic acids is 1. The Kier molecular flexibility index (Phi) is 10.2. The predicted molar refractivity (Wildman–Crippen MR) is 142 cm³/mol. The zero-order valence-corrected chi connectivity index (χ0v) is 22.8. The van der Waals surface area contributed by atoms with Gasteiger partial charge in [0.05, 0.1) is 30.3 Å². The number of aromatic nitrogens is 1. The van der Waals surface area contributed by atoms with E-state index in [1.54, 1.807) is 38.1 Å². The maximum Gasteiger partial charge on any atom is 0.409 e. The van der Waals surface area contributed by atoms with Gasteiger partial charge in [-0.25, -0.2) is 9.59 Å². The molecule has 0 saturated carbocycles. The van der Waals surface area contributed by atoms with Crippen LogP contribution in [-0.4, -0.2) is 95.2 Å². The number of carbonyl (C=O) groups is 5. The van der Waals surface area contributed by atoms with Crippen LogP contribution in [0, 0.1) is 0 Å². The number of primary amides is 1. The van der Waals surface area contributed by atoms with Gasteiger partial charge in [-0.15, -0.1) is 0 Å². The minimum absolute atomic E-state index is 0.0451. The molecular formula is C27H34N4O9. The van der Waals surface area contributed by atoms with Gasteiger partial charge >= 0.3 is 18.0 Å². The molecule has 1 aromatic heterocycles. The molecule has 1 saturated heterocycles. The van der Waals surface area contributed by atoms with E-state index < -0.39 is 41.9 Å². The minimum atomic E-state index is -1.17. The molecule has 2 aromatic rings. The van der Waals surface area contributed by atoms with Gasteiger partial charge in [0.15, 0.2) is 6.10 Å². The maximum atomic E-state index is 13.8. The van der Waals surface area contributed by atoms with Gasteiger partial charge in [-0.1, -0.05) is 12.1 Å². The van der Waals surface area contributed by atoms with Crippen molar-refractivity contribution in [3.05, 3.63) is 35.5 Å². The van der Waals surface area contributed by atoms with Crippen LogP contribution in [0.15, 0.2) is 24.3 Å². The van der Waals surface area contributed by atoms with Crippen LogP contribution < -0.4 is 10.5 Å². The summed E-state index contributed by atoms with van der Waals surface area (Å²) in [4.78, 5) is 70.2. The second-order valence-electron chi connectivity index (χ2n) is 9.09. The summed E-state index contributed by atoms with van der Waals surface area (Å²) >= 11 is 0. The SMILES string of the molecule is CCOC(=O)C(C)Oc1c(C(N)=O)c(C(CCC(=O)O)C(=O)N2CCN(C(=O)OCC)CC2)nc2ccccc12. The summed E-state index contributed by atoms with van der Waals surface area (Å²) in [5, 5.41) is 9.79. The molecule has 2 atom stereocenters. The van der Waals surface area contributed by atoms with Crippen molar-refractivity contribution in [3.8, 4) is 5.75 Å². The lowest BCUT2D eigenvalue weighted by Crippen LogP contribution is -2.52. The predicted octanol–water partition coefficient (Wildman–Crippen LogP) is 1.91. The van der Waals surface area contributed by atoms with Gasteiger partial charge < -0.3 is 34.9 Å². The molecule has 1 aromatic carbocycles. The molecule has 13 heteroatoms. The number of hydrogen-bond acceptors (Lipinski definition) is 9. The summed E-state index contributed by atoms with van der Waals surface area (Å²) in [5.74, 6) is -4.46. The van der Waals surface area contributed by atoms with Crippen molar-refractivity contribution in [1.82, 2.24) is 14.8 Å². The third-order valence-corrected chi connectivity index (χ3v) is 6.42. The summed E-state index contributed by atoms with van der Waals surface area (Å²) < 4.78 is 16.0. The highest BCUT2D eigenvalue weighted by atomic mass is 16.6. The molecule has 40 heavy (non-hydrogen) atoms. The van der Waals surface area contributed by atoms with E-state index in [0.717, 1.165) is 0 Å². The second kappa shape index (κ2) is 13.6. The van der Waals surface area contributed by atoms with Crippen LogP contribution in [0.2, 0.25) is 0 Å². The van der Waals surface area contributed by atoms with Crippen LogP contribution in [0.3, 0.4) is 0 Å². The normalized spacial score (nSPS) is 14.8. The van der Waals surface area contributed by atoms with Crippen LogP contribution in [0.5, 0.6) is 5.75 Å². The number of nitrogens with two attached hydrogens (primary N) is 1. The van der Waals surface area contributed by atoms with E-state index in [1.807, 2.05) is 0 Å². The van der Waals surface area contributed by atoms with Crippen LogP contribution in [-0.2, 0) is 23.9 Å². The van der Waals surface area contributed by atoms with Crippen molar-refractivity contribution in [2.75, 3.05) is 39.4 Å². The average Bonchev–Trinajstić information content (AvgIpc) is 2.93. The maximum absolute atomic E-state index is 13.8. The largest absolute Gasteiger partial charge is 0.481 e. The molecule has 3 rings (SSSR count). The van der Waals surface area contributed by atoms with Crippen molar-refractivity contribution in [1.29, 1.82) is 0 Å². The number of ether oxygens (including phenoxy) is 3. The summed E-state index contributed by atoms with van der Waals surface area (Å²) in [6.45, 7) is 5.91. The highest BCUT2D eigenvalue weighted by Gasteiger charge is 2.36. The molecule has 2 heterocycles. The molecule has 2 unspecified atom stereocenters. The third-order valence-electron chi connectivity index (χ3n) is 6.42. The number of esters is 1. The Morgan fingerprint density at radius 3 is 2.23 bits per heavy atom. The van der Waals surface area contributed by atoms with E-state index >= 15 is 0 Å². The molecular weight excluding hydrogens is 524 g/mol. The monoisotopic (exact) mass is 558 g/mol. The number of amides is 3. The molecule has 13 nitrogen and oxygen atoms in total. The standard InChI is InChI=1S/C27H34N4O9/c1-4-38-26(36)16(3)40-23-17-8-6-7-9-19(17)29-22(21(23)24(28)34)18(10-11-20(32)33)25(35)30-12-14-31(15-13-30)27(37)39-5-2/h6-9,16,18H,4-5,10-15H2,1-3H3,(H2,28,34)(H,32,33). The van der Waals surface area contributed by atoms with Crippen molar-refractivity contribution < 1.29 is 43.3 Å². The fourth-order valence-electron chi connectivity index (χ4n) is 4.49. The van der Waals surface area contributed by atoms with Crippen LogP contribution in [0.25, 0.3) is 10.9 Å². The number of nitrogens with zero attached hydrogens (tertiary/aromatic N) is 3. The lowest BCUT2D eigenvalue weighted by molar-refractivity contribution is -0.150. The lowest BCUT2D eigenvalue weighted by atomic mass is 9.91. The van der Waals surface area contributed by atoms with Crippen molar-refractivity contribution in [2.45, 2.75) is 45.6 Å². The summed E-state index contributed by atoms with van der Waals surface area (Å²) in [7, 11) is 0. The fraction of sp³-hybridized carbons (Fsp3) is 0.481. The zero-order chi connectivity index (χ0) is 29.4. The first-order valence-electron chi connectivity index (χ1n) is 13.1. The third kappa shape index (κ3) is 6.96. The van der Waals surface area contributed by atoms with Gasteiger partial charge in [0.1, 0.15) is 11.3 Å². The van der Waals surface area contributed by atoms with Gasteiger partial charge in [-0.05, 0) is 39.3 Å². The average molecular weight is 559 g/mol. The highest BCUT2D eigenvalue weighted by Crippen LogP contribution is 2.37. The number of para-hydroxylation sites is 1. The molecule has 3 N–H and O–H groups in total. The number of benzene rings is 1. The van der Waals surface area contributed by atoms with Gasteiger partial charge in [-0.2, -0.15) is 0 Å². The van der Waals surface area contributed by atoms with Gasteiger partial charge in [-0.3, -0.25) is 19.4 Å². The zero-order valence-electron chi connectivity index (χ0n) is 22.8. The topological polar surface area (TPSA) is 179 Å². The molecule has 0 radical (unpaired) electrons. The summed E-state index contributed by atoms with van der Waals surface area (Å²) in [6, 6.07) is 6.66. The van der Waals surface area contributed by atoms with E-state index in [-0.39, 0.29) is 69.2 Å². The van der Waals surface area contributed by atoms with E-state index in [1.165, 1.54) is 16.7 Å². The van der Waals surface area contributed by atoms with Gasteiger partial charge in [0.25, 0.3) is 5.91 Å². The van der Waals surface area contributed by atoms with Crippen molar-refractivity contribution >= 4 is 40.7 Å². The van der Waals surface area contributed by atoms with E-state index in [0.29, 0.717) is 10.9 Å². The Morgan fingerprint density at radius 2 is 1.62 bits per heavy atom. The number of piperazine rings is 1. The van der Waals surface area contributed by atoms with Crippen LogP contribution >= 0.6 is 0 Å². The Balaban J connectivity index is 2.08. The Labute approximate surface area is 231 Å². The van der Waals surface area contributed by atoms with E-state index in [4.69, 9.17) is 19.9 Å². The Morgan fingerprint density at radius 1 is 1.00 bits per heavy atom.